The summed E-state index contributed by atoms with van der Waals surface area (Å²) in [4.78, 5) is 16.2. The Morgan fingerprint density at radius 1 is 1.39 bits per heavy atom. The second-order valence-corrected chi connectivity index (χ2v) is 5.75. The van der Waals surface area contributed by atoms with E-state index < -0.39 is 23.8 Å². The number of esters is 1. The monoisotopic (exact) mass is 344 g/mol. The molecule has 0 saturated heterocycles. The maximum Gasteiger partial charge on any atom is 0.416 e. The minimum Gasteiger partial charge on any atom is -0.468 e. The smallest absolute Gasteiger partial charge is 0.416 e. The van der Waals surface area contributed by atoms with Crippen molar-refractivity contribution in [3.63, 3.8) is 0 Å². The molecular formula is C15H15F3N2O2S. The molecular weight excluding hydrogens is 329 g/mol. The number of aromatic nitrogens is 1. The highest BCUT2D eigenvalue weighted by Crippen LogP contribution is 2.35. The molecule has 0 aliphatic heterocycles. The number of carbonyl (C=O) groups excluding carboxylic acids is 1. The fourth-order valence-electron chi connectivity index (χ4n) is 2.12. The highest BCUT2D eigenvalue weighted by Gasteiger charge is 2.37. The molecule has 23 heavy (non-hydrogen) atoms. The Kier molecular flexibility index (Phi) is 5.38. The molecule has 2 aromatic rings. The number of ether oxygens (including phenoxy) is 1. The van der Waals surface area contributed by atoms with E-state index in [1.54, 1.807) is 0 Å². The van der Waals surface area contributed by atoms with Crippen LogP contribution in [0, 0.1) is 6.92 Å². The van der Waals surface area contributed by atoms with E-state index in [4.69, 9.17) is 0 Å². The van der Waals surface area contributed by atoms with Gasteiger partial charge in [0, 0.05) is 17.6 Å². The lowest BCUT2D eigenvalue weighted by Gasteiger charge is -2.20. The zero-order valence-corrected chi connectivity index (χ0v) is 13.3. The first-order valence-corrected chi connectivity index (χ1v) is 7.59. The lowest BCUT2D eigenvalue weighted by molar-refractivity contribution is -0.145. The number of hydrogen-bond donors (Lipinski definition) is 1. The first-order chi connectivity index (χ1) is 10.8. The summed E-state index contributed by atoms with van der Waals surface area (Å²) < 4.78 is 44.1. The molecule has 1 aromatic carbocycles. The van der Waals surface area contributed by atoms with Crippen LogP contribution in [0.2, 0.25) is 0 Å². The molecule has 1 atom stereocenters. The van der Waals surface area contributed by atoms with E-state index in [-0.39, 0.29) is 12.1 Å². The quantitative estimate of drug-likeness (QED) is 0.844. The van der Waals surface area contributed by atoms with Crippen LogP contribution in [0.25, 0.3) is 0 Å². The number of aryl methyl sites for hydroxylation is 1. The Morgan fingerprint density at radius 2 is 2.09 bits per heavy atom. The lowest BCUT2D eigenvalue weighted by atomic mass is 10.00. The maximum atomic E-state index is 13.2. The maximum absolute atomic E-state index is 13.2. The molecule has 0 saturated carbocycles. The Bertz CT molecular complexity index is 685. The summed E-state index contributed by atoms with van der Waals surface area (Å²) >= 11 is 1.37. The third-order valence-electron chi connectivity index (χ3n) is 3.14. The normalized spacial score (nSPS) is 12.9. The molecule has 0 aliphatic rings. The van der Waals surface area contributed by atoms with Gasteiger partial charge in [0.2, 0.25) is 0 Å². The van der Waals surface area contributed by atoms with E-state index >= 15 is 0 Å². The van der Waals surface area contributed by atoms with Gasteiger partial charge in [-0.15, -0.1) is 11.3 Å². The van der Waals surface area contributed by atoms with Crippen molar-refractivity contribution >= 4 is 17.3 Å². The van der Waals surface area contributed by atoms with E-state index in [1.807, 2.05) is 12.3 Å². The van der Waals surface area contributed by atoms with E-state index in [0.29, 0.717) is 5.01 Å². The highest BCUT2D eigenvalue weighted by molar-refractivity contribution is 7.09. The molecule has 8 heteroatoms. The molecule has 0 fully saturated rings. The molecule has 0 radical (unpaired) electrons. The number of nitrogens with one attached hydrogen (secondary N) is 1. The number of thiazole rings is 1. The van der Waals surface area contributed by atoms with Gasteiger partial charge >= 0.3 is 12.1 Å². The van der Waals surface area contributed by atoms with Crippen LogP contribution < -0.4 is 5.32 Å². The summed E-state index contributed by atoms with van der Waals surface area (Å²) in [6, 6.07) is 3.73. The Hall–Kier alpha value is -1.93. The van der Waals surface area contributed by atoms with Crippen LogP contribution in [0.1, 0.15) is 27.9 Å². The van der Waals surface area contributed by atoms with Crippen LogP contribution in [-0.4, -0.2) is 18.1 Å². The number of rotatable bonds is 5. The van der Waals surface area contributed by atoms with E-state index in [1.165, 1.54) is 29.5 Å². The predicted octanol–water partition coefficient (Wildman–Crippen LogP) is 3.47. The number of nitrogens with zero attached hydrogens (tertiary/aromatic N) is 1. The van der Waals surface area contributed by atoms with Crippen LogP contribution in [0.5, 0.6) is 0 Å². The molecule has 4 nitrogen and oxygen atoms in total. The Balaban J connectivity index is 2.30. The largest absolute Gasteiger partial charge is 0.468 e. The molecule has 0 unspecified atom stereocenters. The summed E-state index contributed by atoms with van der Waals surface area (Å²) in [7, 11) is 1.14. The highest BCUT2D eigenvalue weighted by atomic mass is 32.1. The van der Waals surface area contributed by atoms with Crippen LogP contribution in [0.15, 0.2) is 29.6 Å². The van der Waals surface area contributed by atoms with Crippen molar-refractivity contribution in [2.45, 2.75) is 25.7 Å². The van der Waals surface area contributed by atoms with Gasteiger partial charge in [0.15, 0.2) is 0 Å². The fraction of sp³-hybridized carbons (Fsp3) is 0.333. The predicted molar refractivity (Wildman–Crippen MR) is 79.9 cm³/mol. The molecule has 0 amide bonds. The molecule has 0 bridgehead atoms. The SMILES string of the molecule is COC(=O)[C@H](NCc1nc(C)cs1)c1ccccc1C(F)(F)F. The van der Waals surface area contributed by atoms with Crippen molar-refractivity contribution in [2.24, 2.45) is 0 Å². The van der Waals surface area contributed by atoms with Gasteiger partial charge in [-0.3, -0.25) is 5.32 Å². The number of hydrogen-bond acceptors (Lipinski definition) is 5. The van der Waals surface area contributed by atoms with Gasteiger partial charge in [-0.25, -0.2) is 9.78 Å². The van der Waals surface area contributed by atoms with Crippen LogP contribution in [-0.2, 0) is 22.3 Å². The van der Waals surface area contributed by atoms with Gasteiger partial charge in [0.1, 0.15) is 11.0 Å². The summed E-state index contributed by atoms with van der Waals surface area (Å²) in [6.07, 6.45) is -4.55. The van der Waals surface area contributed by atoms with Gasteiger partial charge in [-0.2, -0.15) is 13.2 Å². The lowest BCUT2D eigenvalue weighted by Crippen LogP contribution is -2.31. The van der Waals surface area contributed by atoms with Crippen molar-refractivity contribution in [3.05, 3.63) is 51.5 Å². The zero-order valence-electron chi connectivity index (χ0n) is 12.5. The number of carbonyl (C=O) groups is 1. The van der Waals surface area contributed by atoms with Gasteiger partial charge in [0.25, 0.3) is 0 Å². The van der Waals surface area contributed by atoms with Crippen molar-refractivity contribution in [2.75, 3.05) is 7.11 Å². The Morgan fingerprint density at radius 3 is 2.65 bits per heavy atom. The molecule has 124 valence electrons. The molecule has 2 rings (SSSR count). The number of benzene rings is 1. The van der Waals surface area contributed by atoms with Gasteiger partial charge in [0.05, 0.1) is 12.7 Å². The number of methoxy groups -OCH3 is 1. The van der Waals surface area contributed by atoms with E-state index in [9.17, 15) is 18.0 Å². The van der Waals surface area contributed by atoms with E-state index in [0.717, 1.165) is 18.9 Å². The topological polar surface area (TPSA) is 51.2 Å². The van der Waals surface area contributed by atoms with Gasteiger partial charge in [-0.1, -0.05) is 18.2 Å². The third-order valence-corrected chi connectivity index (χ3v) is 4.10. The van der Waals surface area contributed by atoms with Crippen LogP contribution >= 0.6 is 11.3 Å². The second kappa shape index (κ2) is 7.10. The van der Waals surface area contributed by atoms with Gasteiger partial charge < -0.3 is 4.74 Å². The second-order valence-electron chi connectivity index (χ2n) is 4.80. The summed E-state index contributed by atoms with van der Waals surface area (Å²) in [6.45, 7) is 1.99. The van der Waals surface area contributed by atoms with Crippen LogP contribution in [0.4, 0.5) is 13.2 Å². The van der Waals surface area contributed by atoms with E-state index in [2.05, 4.69) is 15.0 Å². The van der Waals surface area contributed by atoms with Crippen molar-refractivity contribution < 1.29 is 22.7 Å². The van der Waals surface area contributed by atoms with Crippen molar-refractivity contribution in [3.8, 4) is 0 Å². The summed E-state index contributed by atoms with van der Waals surface area (Å²) in [5, 5.41) is 5.31. The van der Waals surface area contributed by atoms with Crippen molar-refractivity contribution in [1.29, 1.82) is 0 Å². The molecule has 1 heterocycles. The minimum absolute atomic E-state index is 0.167. The average molecular weight is 344 g/mol. The zero-order chi connectivity index (χ0) is 17.0. The standard InChI is InChI=1S/C15H15F3N2O2S/c1-9-8-23-12(20-9)7-19-13(14(21)22-2)10-5-3-4-6-11(10)15(16,17)18/h3-6,8,13,19H,7H2,1-2H3/t13-/m1/s1. The van der Waals surface area contributed by atoms with Gasteiger partial charge in [-0.05, 0) is 18.6 Å². The third kappa shape index (κ3) is 4.29. The first kappa shape index (κ1) is 17.4. The van der Waals surface area contributed by atoms with Crippen molar-refractivity contribution in [1.82, 2.24) is 10.3 Å². The fourth-order valence-corrected chi connectivity index (χ4v) is 2.84. The molecule has 0 spiro atoms. The Labute approximate surface area is 135 Å². The summed E-state index contributed by atoms with van der Waals surface area (Å²) in [5.74, 6) is -0.782. The molecule has 0 aliphatic carbocycles. The molecule has 1 aromatic heterocycles. The molecule has 1 N–H and O–H groups in total. The van der Waals surface area contributed by atoms with Crippen LogP contribution in [0.3, 0.4) is 0 Å². The minimum atomic E-state index is -4.55. The number of halogens is 3. The number of alkyl halides is 3. The average Bonchev–Trinajstić information content (AvgIpc) is 2.92. The first-order valence-electron chi connectivity index (χ1n) is 6.71. The summed E-state index contributed by atoms with van der Waals surface area (Å²) in [5.41, 5.74) is -0.213.